The molecule has 1 unspecified atom stereocenters. The molecular weight excluding hydrogens is 286 g/mol. The maximum Gasteiger partial charge on any atom is 0.335 e. The molecule has 0 spiro atoms. The summed E-state index contributed by atoms with van der Waals surface area (Å²) in [6.07, 6.45) is 3.05. The fourth-order valence-electron chi connectivity index (χ4n) is 1.81. The van der Waals surface area contributed by atoms with Crippen LogP contribution >= 0.6 is 0 Å². The molecule has 0 saturated carbocycles. The summed E-state index contributed by atoms with van der Waals surface area (Å²) in [6.45, 7) is 3.03. The highest BCUT2D eigenvalue weighted by atomic mass is 16.5. The monoisotopic (exact) mass is 305 g/mol. The molecule has 1 aromatic carbocycles. The van der Waals surface area contributed by atoms with Gasteiger partial charge in [-0.25, -0.2) is 9.59 Å². The van der Waals surface area contributed by atoms with Crippen LogP contribution in [0.3, 0.4) is 0 Å². The Morgan fingerprint density at radius 1 is 1.27 bits per heavy atom. The molecule has 0 aliphatic carbocycles. The number of ether oxygens (including phenoxy) is 1. The van der Waals surface area contributed by atoms with Gasteiger partial charge in [0.05, 0.1) is 0 Å². The van der Waals surface area contributed by atoms with Crippen LogP contribution in [0, 0.1) is 0 Å². The first-order chi connectivity index (χ1) is 10.3. The van der Waals surface area contributed by atoms with E-state index < -0.39 is 18.0 Å². The van der Waals surface area contributed by atoms with Gasteiger partial charge in [-0.3, -0.25) is 4.79 Å². The van der Waals surface area contributed by atoms with Gasteiger partial charge in [0.25, 0.3) is 0 Å². The highest BCUT2D eigenvalue weighted by molar-refractivity contribution is 5.84. The van der Waals surface area contributed by atoms with Crippen LogP contribution in [-0.2, 0) is 20.8 Å². The zero-order valence-electron chi connectivity index (χ0n) is 12.8. The second-order valence-corrected chi connectivity index (χ2v) is 4.75. The van der Waals surface area contributed by atoms with Gasteiger partial charge in [0, 0.05) is 26.5 Å². The van der Waals surface area contributed by atoms with E-state index in [0.29, 0.717) is 5.75 Å². The van der Waals surface area contributed by atoms with E-state index in [1.165, 1.54) is 24.9 Å². The topological polar surface area (TPSA) is 83.9 Å². The Morgan fingerprint density at radius 3 is 2.32 bits per heavy atom. The summed E-state index contributed by atoms with van der Waals surface area (Å²) in [4.78, 5) is 35.1. The molecule has 1 atom stereocenters. The fraction of sp³-hybridized carbons (Fsp3) is 0.312. The lowest BCUT2D eigenvalue weighted by molar-refractivity contribution is -0.148. The van der Waals surface area contributed by atoms with Gasteiger partial charge in [-0.2, -0.15) is 0 Å². The van der Waals surface area contributed by atoms with Gasteiger partial charge in [-0.05, 0) is 24.6 Å². The Bertz CT molecular complexity index is 577. The number of carboxylic acid groups (broad SMARTS) is 1. The van der Waals surface area contributed by atoms with Crippen molar-refractivity contribution in [2.75, 3.05) is 7.05 Å². The van der Waals surface area contributed by atoms with Gasteiger partial charge in [0.15, 0.2) is 0 Å². The van der Waals surface area contributed by atoms with E-state index >= 15 is 0 Å². The summed E-state index contributed by atoms with van der Waals surface area (Å²) in [7, 11) is 1.45. The summed E-state index contributed by atoms with van der Waals surface area (Å²) < 4.78 is 5.04. The molecule has 0 saturated heterocycles. The van der Waals surface area contributed by atoms with Crippen molar-refractivity contribution < 1.29 is 24.2 Å². The molecule has 0 heterocycles. The standard InChI is InChI=1S/C16H19NO5/c1-4-5-15(19)22-13-8-6-12(7-9-13)10-14(16(20)21)17(3)11(2)18/h4-9,14H,10H2,1-3H3,(H,20,21)/b5-4+. The third-order valence-electron chi connectivity index (χ3n) is 3.12. The van der Waals surface area contributed by atoms with Crippen molar-refractivity contribution in [3.8, 4) is 5.75 Å². The third kappa shape index (κ3) is 5.05. The third-order valence-corrected chi connectivity index (χ3v) is 3.12. The predicted octanol–water partition coefficient (Wildman–Crippen LogP) is 1.64. The number of esters is 1. The van der Waals surface area contributed by atoms with Crippen LogP contribution in [-0.4, -0.2) is 40.9 Å². The number of aliphatic carboxylic acids is 1. The summed E-state index contributed by atoms with van der Waals surface area (Å²) in [5.41, 5.74) is 0.728. The summed E-state index contributed by atoms with van der Waals surface area (Å²) in [5, 5.41) is 9.22. The van der Waals surface area contributed by atoms with Crippen LogP contribution < -0.4 is 4.74 Å². The number of benzene rings is 1. The fourth-order valence-corrected chi connectivity index (χ4v) is 1.81. The van der Waals surface area contributed by atoms with Gasteiger partial charge in [0.2, 0.25) is 5.91 Å². The Balaban J connectivity index is 2.79. The van der Waals surface area contributed by atoms with Crippen molar-refractivity contribution in [2.45, 2.75) is 26.3 Å². The van der Waals surface area contributed by atoms with Crippen molar-refractivity contribution in [3.63, 3.8) is 0 Å². The zero-order chi connectivity index (χ0) is 16.7. The second-order valence-electron chi connectivity index (χ2n) is 4.75. The summed E-state index contributed by atoms with van der Waals surface area (Å²) >= 11 is 0. The van der Waals surface area contributed by atoms with E-state index in [0.717, 1.165) is 5.56 Å². The lowest BCUT2D eigenvalue weighted by atomic mass is 10.0. The number of hydrogen-bond donors (Lipinski definition) is 1. The number of carbonyl (C=O) groups is 3. The second kappa shape index (κ2) is 7.97. The predicted molar refractivity (Wildman–Crippen MR) is 80.5 cm³/mol. The number of rotatable bonds is 6. The van der Waals surface area contributed by atoms with Crippen LogP contribution in [0.5, 0.6) is 5.75 Å². The number of carbonyl (C=O) groups excluding carboxylic acids is 2. The number of hydrogen-bond acceptors (Lipinski definition) is 4. The van der Waals surface area contributed by atoms with Gasteiger partial charge < -0.3 is 14.7 Å². The Hall–Kier alpha value is -2.63. The maximum atomic E-state index is 11.3. The highest BCUT2D eigenvalue weighted by Crippen LogP contribution is 2.15. The summed E-state index contributed by atoms with van der Waals surface area (Å²) in [5.74, 6) is -1.49. The molecule has 6 heteroatoms. The van der Waals surface area contributed by atoms with E-state index in [1.54, 1.807) is 37.3 Å². The average Bonchev–Trinajstić information content (AvgIpc) is 2.45. The first kappa shape index (κ1) is 17.4. The molecule has 1 aromatic rings. The largest absolute Gasteiger partial charge is 0.480 e. The molecule has 118 valence electrons. The maximum absolute atomic E-state index is 11.3. The normalized spacial score (nSPS) is 12.0. The molecule has 0 radical (unpaired) electrons. The van der Waals surface area contributed by atoms with Crippen LogP contribution in [0.15, 0.2) is 36.4 Å². The smallest absolute Gasteiger partial charge is 0.335 e. The van der Waals surface area contributed by atoms with Crippen molar-refractivity contribution in [1.29, 1.82) is 0 Å². The van der Waals surface area contributed by atoms with Gasteiger partial charge in [-0.15, -0.1) is 0 Å². The van der Waals surface area contributed by atoms with Crippen molar-refractivity contribution in [3.05, 3.63) is 42.0 Å². The first-order valence-corrected chi connectivity index (χ1v) is 6.74. The van der Waals surface area contributed by atoms with E-state index in [9.17, 15) is 19.5 Å². The van der Waals surface area contributed by atoms with Crippen LogP contribution in [0.25, 0.3) is 0 Å². The molecular formula is C16H19NO5. The molecule has 0 aliphatic heterocycles. The van der Waals surface area contributed by atoms with Crippen LogP contribution in [0.4, 0.5) is 0 Å². The molecule has 22 heavy (non-hydrogen) atoms. The molecule has 1 N–H and O–H groups in total. The number of carboxylic acids is 1. The van der Waals surface area contributed by atoms with Gasteiger partial charge in [-0.1, -0.05) is 18.2 Å². The molecule has 1 amide bonds. The zero-order valence-corrected chi connectivity index (χ0v) is 12.8. The highest BCUT2D eigenvalue weighted by Gasteiger charge is 2.24. The van der Waals surface area contributed by atoms with Crippen molar-refractivity contribution >= 4 is 17.8 Å². The van der Waals surface area contributed by atoms with E-state index in [-0.39, 0.29) is 12.3 Å². The van der Waals surface area contributed by atoms with Crippen LogP contribution in [0.1, 0.15) is 19.4 Å². The minimum atomic E-state index is -1.07. The van der Waals surface area contributed by atoms with E-state index in [1.807, 2.05) is 0 Å². The van der Waals surface area contributed by atoms with E-state index in [2.05, 4.69) is 0 Å². The molecule has 1 rings (SSSR count). The number of amides is 1. The van der Waals surface area contributed by atoms with Gasteiger partial charge in [0.1, 0.15) is 11.8 Å². The SMILES string of the molecule is C/C=C/C(=O)Oc1ccc(CC(C(=O)O)N(C)C(C)=O)cc1. The number of likely N-dealkylation sites (N-methyl/N-ethyl adjacent to an activating group) is 1. The lowest BCUT2D eigenvalue weighted by Gasteiger charge is -2.23. The molecule has 0 bridgehead atoms. The van der Waals surface area contributed by atoms with Crippen molar-refractivity contribution in [1.82, 2.24) is 4.90 Å². The first-order valence-electron chi connectivity index (χ1n) is 6.74. The van der Waals surface area contributed by atoms with Crippen molar-refractivity contribution in [2.24, 2.45) is 0 Å². The molecule has 6 nitrogen and oxygen atoms in total. The quantitative estimate of drug-likeness (QED) is 0.491. The Kier molecular flexibility index (Phi) is 6.31. The Morgan fingerprint density at radius 2 is 1.86 bits per heavy atom. The summed E-state index contributed by atoms with van der Waals surface area (Å²) in [6, 6.07) is 5.57. The Labute approximate surface area is 129 Å². The molecule has 0 aliphatic rings. The molecule has 0 fully saturated rings. The van der Waals surface area contributed by atoms with Gasteiger partial charge >= 0.3 is 11.9 Å². The average molecular weight is 305 g/mol. The lowest BCUT2D eigenvalue weighted by Crippen LogP contribution is -2.42. The number of nitrogens with zero attached hydrogens (tertiary/aromatic N) is 1. The minimum Gasteiger partial charge on any atom is -0.480 e. The number of allylic oxidation sites excluding steroid dienone is 1. The van der Waals surface area contributed by atoms with Crippen LogP contribution in [0.2, 0.25) is 0 Å². The van der Waals surface area contributed by atoms with E-state index in [4.69, 9.17) is 4.74 Å². The minimum absolute atomic E-state index is 0.175. The molecule has 0 aromatic heterocycles.